The Kier molecular flexibility index (Phi) is 3.04. The van der Waals surface area contributed by atoms with Crippen LogP contribution < -0.4 is 5.32 Å². The van der Waals surface area contributed by atoms with Gasteiger partial charge in [-0.05, 0) is 6.07 Å². The third-order valence-corrected chi connectivity index (χ3v) is 3.34. The summed E-state index contributed by atoms with van der Waals surface area (Å²) < 4.78 is 0. The van der Waals surface area contributed by atoms with Gasteiger partial charge in [0, 0.05) is 10.8 Å². The van der Waals surface area contributed by atoms with E-state index < -0.39 is 0 Å². The van der Waals surface area contributed by atoms with Crippen molar-refractivity contribution in [2.24, 2.45) is 0 Å². The van der Waals surface area contributed by atoms with Crippen molar-refractivity contribution in [1.82, 2.24) is 15.2 Å². The summed E-state index contributed by atoms with van der Waals surface area (Å²) in [7, 11) is 0. The number of thiazole rings is 1. The van der Waals surface area contributed by atoms with Gasteiger partial charge in [0.15, 0.2) is 5.69 Å². The molecular weight excluding hydrogens is 258 g/mol. The van der Waals surface area contributed by atoms with Gasteiger partial charge in [-0.3, -0.25) is 0 Å². The molecule has 2 aromatic heterocycles. The van der Waals surface area contributed by atoms with Crippen LogP contribution in [0.15, 0.2) is 35.2 Å². The summed E-state index contributed by atoms with van der Waals surface area (Å²) in [5.74, 6) is 0. The molecule has 3 aromatic rings. The van der Waals surface area contributed by atoms with Gasteiger partial charge in [0.25, 0.3) is 0 Å². The molecule has 6 heteroatoms. The van der Waals surface area contributed by atoms with Crippen LogP contribution in [0.3, 0.4) is 0 Å². The van der Waals surface area contributed by atoms with Gasteiger partial charge in [-0.2, -0.15) is 5.26 Å². The number of hydrogen-bond acceptors (Lipinski definition) is 6. The third kappa shape index (κ3) is 2.23. The molecule has 1 aromatic carbocycles. The molecular formula is C13H9N5S. The summed E-state index contributed by atoms with van der Waals surface area (Å²) in [5, 5.41) is 23.2. The Morgan fingerprint density at radius 3 is 2.95 bits per heavy atom. The Labute approximate surface area is 113 Å². The fourth-order valence-corrected chi connectivity index (χ4v) is 2.37. The van der Waals surface area contributed by atoms with Gasteiger partial charge < -0.3 is 5.32 Å². The lowest BCUT2D eigenvalue weighted by atomic mass is 10.1. The van der Waals surface area contributed by atoms with Gasteiger partial charge in [-0.25, -0.2) is 4.98 Å². The molecule has 3 rings (SSSR count). The van der Waals surface area contributed by atoms with Crippen LogP contribution in [0.2, 0.25) is 0 Å². The summed E-state index contributed by atoms with van der Waals surface area (Å²) in [6.07, 6.45) is 0. The van der Waals surface area contributed by atoms with Gasteiger partial charge in [-0.1, -0.05) is 18.2 Å². The maximum absolute atomic E-state index is 9.13. The number of benzene rings is 1. The summed E-state index contributed by atoms with van der Waals surface area (Å²) in [6, 6.07) is 9.67. The highest BCUT2D eigenvalue weighted by molar-refractivity contribution is 7.07. The second-order valence-electron chi connectivity index (χ2n) is 3.89. The fourth-order valence-electron chi connectivity index (χ4n) is 1.81. The zero-order chi connectivity index (χ0) is 13.1. The maximum Gasteiger partial charge on any atom is 0.186 e. The number of rotatable bonds is 3. The first-order chi connectivity index (χ1) is 9.38. The van der Waals surface area contributed by atoms with Crippen molar-refractivity contribution in [3.05, 3.63) is 46.5 Å². The highest BCUT2D eigenvalue weighted by atomic mass is 32.1. The van der Waals surface area contributed by atoms with Crippen LogP contribution in [0.5, 0.6) is 0 Å². The zero-order valence-electron chi connectivity index (χ0n) is 9.87. The van der Waals surface area contributed by atoms with E-state index in [9.17, 15) is 0 Å². The van der Waals surface area contributed by atoms with E-state index in [1.165, 1.54) is 0 Å². The quantitative estimate of drug-likeness (QED) is 0.789. The fraction of sp³-hybridized carbons (Fsp3) is 0.0769. The SMILES string of the molecule is N#Cc1nnc2ccccc2c1NCc1cscn1. The monoisotopic (exact) mass is 267 g/mol. The molecule has 0 aliphatic heterocycles. The lowest BCUT2D eigenvalue weighted by molar-refractivity contribution is 1.02. The molecule has 5 nitrogen and oxygen atoms in total. The molecule has 0 saturated heterocycles. The van der Waals surface area contributed by atoms with Crippen molar-refractivity contribution in [1.29, 1.82) is 5.26 Å². The molecule has 0 amide bonds. The van der Waals surface area contributed by atoms with Crippen molar-refractivity contribution >= 4 is 27.9 Å². The average Bonchev–Trinajstić information content (AvgIpc) is 2.97. The molecule has 0 radical (unpaired) electrons. The predicted octanol–water partition coefficient (Wildman–Crippen LogP) is 2.57. The second-order valence-corrected chi connectivity index (χ2v) is 4.60. The summed E-state index contributed by atoms with van der Waals surface area (Å²) in [6.45, 7) is 0.563. The number of nitrogens with one attached hydrogen (secondary N) is 1. The second kappa shape index (κ2) is 5.00. The van der Waals surface area contributed by atoms with E-state index >= 15 is 0 Å². The Balaban J connectivity index is 2.02. The zero-order valence-corrected chi connectivity index (χ0v) is 10.7. The summed E-state index contributed by atoms with van der Waals surface area (Å²) in [4.78, 5) is 4.20. The molecule has 19 heavy (non-hydrogen) atoms. The van der Waals surface area contributed by atoms with Crippen LogP contribution in [0.25, 0.3) is 10.9 Å². The minimum atomic E-state index is 0.300. The van der Waals surface area contributed by atoms with Gasteiger partial charge in [0.2, 0.25) is 0 Å². The van der Waals surface area contributed by atoms with Gasteiger partial charge in [-0.15, -0.1) is 21.5 Å². The largest absolute Gasteiger partial charge is 0.376 e. The normalized spacial score (nSPS) is 10.3. The lowest BCUT2D eigenvalue weighted by Crippen LogP contribution is -2.04. The first kappa shape index (κ1) is 11.6. The Bertz CT molecular complexity index is 745. The van der Waals surface area contributed by atoms with E-state index in [2.05, 4.69) is 26.6 Å². The van der Waals surface area contributed by atoms with Crippen LogP contribution in [0, 0.1) is 11.3 Å². The van der Waals surface area contributed by atoms with E-state index in [-0.39, 0.29) is 0 Å². The molecule has 0 bridgehead atoms. The van der Waals surface area contributed by atoms with Crippen LogP contribution in [-0.2, 0) is 6.54 Å². The van der Waals surface area contributed by atoms with Gasteiger partial charge in [0.05, 0.1) is 29.0 Å². The first-order valence-electron chi connectivity index (χ1n) is 5.65. The first-order valence-corrected chi connectivity index (χ1v) is 6.59. The van der Waals surface area contributed by atoms with Gasteiger partial charge >= 0.3 is 0 Å². The van der Waals surface area contributed by atoms with Crippen LogP contribution in [0.4, 0.5) is 5.69 Å². The Hall–Kier alpha value is -2.52. The minimum absolute atomic E-state index is 0.300. The Morgan fingerprint density at radius 2 is 2.16 bits per heavy atom. The number of aromatic nitrogens is 3. The minimum Gasteiger partial charge on any atom is -0.376 e. The van der Waals surface area contributed by atoms with Crippen molar-refractivity contribution in [2.45, 2.75) is 6.54 Å². The maximum atomic E-state index is 9.13. The molecule has 0 unspecified atom stereocenters. The van der Waals surface area contributed by atoms with Crippen LogP contribution in [0.1, 0.15) is 11.4 Å². The number of nitriles is 1. The van der Waals surface area contributed by atoms with E-state index in [0.29, 0.717) is 17.9 Å². The van der Waals surface area contributed by atoms with Crippen LogP contribution >= 0.6 is 11.3 Å². The highest BCUT2D eigenvalue weighted by Crippen LogP contribution is 2.24. The number of hydrogen-bond donors (Lipinski definition) is 1. The van der Waals surface area contributed by atoms with E-state index in [1.807, 2.05) is 29.6 Å². The number of anilines is 1. The molecule has 0 fully saturated rings. The molecule has 92 valence electrons. The standard InChI is InChI=1S/C13H9N5S/c14-5-12-13(15-6-9-7-19-8-16-9)10-3-1-2-4-11(10)17-18-12/h1-4,7-8H,6H2,(H,15,17). The molecule has 2 heterocycles. The van der Waals surface area contributed by atoms with E-state index in [0.717, 1.165) is 16.6 Å². The molecule has 0 aliphatic carbocycles. The smallest absolute Gasteiger partial charge is 0.186 e. The van der Waals surface area contributed by atoms with Crippen LogP contribution in [-0.4, -0.2) is 15.2 Å². The third-order valence-electron chi connectivity index (χ3n) is 2.70. The number of fused-ring (bicyclic) bond motifs is 1. The predicted molar refractivity (Wildman–Crippen MR) is 73.7 cm³/mol. The van der Waals surface area contributed by atoms with Gasteiger partial charge in [0.1, 0.15) is 6.07 Å². The molecule has 0 saturated carbocycles. The van der Waals surface area contributed by atoms with Crippen molar-refractivity contribution < 1.29 is 0 Å². The molecule has 0 spiro atoms. The van der Waals surface area contributed by atoms with Crippen molar-refractivity contribution in [3.8, 4) is 6.07 Å². The summed E-state index contributed by atoms with van der Waals surface area (Å²) >= 11 is 1.54. The van der Waals surface area contributed by atoms with Crippen molar-refractivity contribution in [2.75, 3.05) is 5.32 Å². The lowest BCUT2D eigenvalue weighted by Gasteiger charge is -2.08. The van der Waals surface area contributed by atoms with E-state index in [4.69, 9.17) is 5.26 Å². The molecule has 1 N–H and O–H groups in total. The highest BCUT2D eigenvalue weighted by Gasteiger charge is 2.10. The van der Waals surface area contributed by atoms with Crippen molar-refractivity contribution in [3.63, 3.8) is 0 Å². The number of nitrogens with zero attached hydrogens (tertiary/aromatic N) is 4. The Morgan fingerprint density at radius 1 is 1.26 bits per heavy atom. The molecule has 0 atom stereocenters. The average molecular weight is 267 g/mol. The summed E-state index contributed by atoms with van der Waals surface area (Å²) in [5.41, 5.74) is 4.50. The van der Waals surface area contributed by atoms with E-state index in [1.54, 1.807) is 16.8 Å². The molecule has 0 aliphatic rings. The topological polar surface area (TPSA) is 74.5 Å².